The van der Waals surface area contributed by atoms with Crippen LogP contribution in [0.3, 0.4) is 0 Å². The van der Waals surface area contributed by atoms with Gasteiger partial charge in [-0.2, -0.15) is 0 Å². The third-order valence-corrected chi connectivity index (χ3v) is 4.03. The van der Waals surface area contributed by atoms with Crippen molar-refractivity contribution in [3.05, 3.63) is 59.7 Å². The van der Waals surface area contributed by atoms with Gasteiger partial charge < -0.3 is 4.74 Å². The van der Waals surface area contributed by atoms with Gasteiger partial charge in [-0.3, -0.25) is 4.79 Å². The van der Waals surface area contributed by atoms with Gasteiger partial charge >= 0.3 is 10.2 Å². The van der Waals surface area contributed by atoms with Crippen molar-refractivity contribution in [3.63, 3.8) is 0 Å². The van der Waals surface area contributed by atoms with E-state index in [0.717, 1.165) is 12.1 Å². The highest BCUT2D eigenvalue weighted by atomic mass is 32.5. The van der Waals surface area contributed by atoms with Crippen molar-refractivity contribution >= 4 is 16.5 Å². The normalized spacial score (nSPS) is 14.8. The summed E-state index contributed by atoms with van der Waals surface area (Å²) in [5, 5.41) is 0. The summed E-state index contributed by atoms with van der Waals surface area (Å²) in [6.07, 6.45) is 0.590. The van der Waals surface area contributed by atoms with Crippen molar-refractivity contribution in [2.24, 2.45) is 0 Å². The second kappa shape index (κ2) is 4.70. The molecule has 0 amide bonds. The molecule has 0 aliphatic heterocycles. The minimum Gasteiger partial charge on any atom is -0.489 e. The Balaban J connectivity index is 2.26. The molecule has 2 rings (SSSR count). The van der Waals surface area contributed by atoms with E-state index >= 15 is 0 Å². The molecule has 2 aromatic rings. The van der Waals surface area contributed by atoms with Gasteiger partial charge in [-0.25, -0.2) is 0 Å². The van der Waals surface area contributed by atoms with E-state index in [9.17, 15) is 24.2 Å². The highest BCUT2D eigenvalue weighted by Gasteiger charge is 2.66. The van der Waals surface area contributed by atoms with Crippen LogP contribution in [0.15, 0.2) is 53.4 Å². The summed E-state index contributed by atoms with van der Waals surface area (Å²) in [5.74, 6) is 0.169. The van der Waals surface area contributed by atoms with E-state index in [1.54, 1.807) is 0 Å². The third-order valence-electron chi connectivity index (χ3n) is 2.80. The van der Waals surface area contributed by atoms with Gasteiger partial charge in [-0.1, -0.05) is 37.6 Å². The van der Waals surface area contributed by atoms with Crippen LogP contribution in [0.4, 0.5) is 19.4 Å². The summed E-state index contributed by atoms with van der Waals surface area (Å²) in [6, 6.07) is 8.94. The molecular formula is C14H11F5O2S. The molecule has 0 spiro atoms. The Morgan fingerprint density at radius 3 is 2.05 bits per heavy atom. The van der Waals surface area contributed by atoms with Crippen LogP contribution < -0.4 is 4.74 Å². The number of carbonyl (C=O) groups is 1. The maximum absolute atomic E-state index is 12.9. The minimum atomic E-state index is -9.77. The molecule has 0 heterocycles. The Kier molecular flexibility index (Phi) is 3.48. The fourth-order valence-corrected chi connectivity index (χ4v) is 2.76. The summed E-state index contributed by atoms with van der Waals surface area (Å²) in [5.41, 5.74) is -0.291. The van der Waals surface area contributed by atoms with Gasteiger partial charge in [0.2, 0.25) is 0 Å². The second-order valence-electron chi connectivity index (χ2n) is 4.55. The molecule has 0 unspecified atom stereocenters. The van der Waals surface area contributed by atoms with Crippen LogP contribution in [0.25, 0.3) is 0 Å². The topological polar surface area (TPSA) is 26.3 Å². The van der Waals surface area contributed by atoms with Crippen molar-refractivity contribution in [1.29, 1.82) is 0 Å². The highest BCUT2D eigenvalue weighted by Crippen LogP contribution is 3.02. The molecule has 0 radical (unpaired) electrons. The highest BCUT2D eigenvalue weighted by molar-refractivity contribution is 8.45. The lowest BCUT2D eigenvalue weighted by molar-refractivity contribution is 0.112. The monoisotopic (exact) mass is 338 g/mol. The van der Waals surface area contributed by atoms with E-state index in [1.165, 1.54) is 30.3 Å². The van der Waals surface area contributed by atoms with Crippen molar-refractivity contribution in [1.82, 2.24) is 0 Å². The van der Waals surface area contributed by atoms with Crippen molar-refractivity contribution in [3.8, 4) is 5.75 Å². The average Bonchev–Trinajstić information content (AvgIpc) is 2.43. The first-order valence-corrected chi connectivity index (χ1v) is 7.95. The fourth-order valence-electron chi connectivity index (χ4n) is 1.80. The van der Waals surface area contributed by atoms with Crippen LogP contribution in [0.5, 0.6) is 5.75 Å². The molecule has 2 aromatic carbocycles. The Morgan fingerprint density at radius 2 is 1.50 bits per heavy atom. The lowest BCUT2D eigenvalue weighted by Crippen LogP contribution is -2.11. The summed E-state index contributed by atoms with van der Waals surface area (Å²) >= 11 is 0. The largest absolute Gasteiger partial charge is 0.489 e. The molecule has 0 bridgehead atoms. The van der Waals surface area contributed by atoms with Crippen LogP contribution in [-0.2, 0) is 6.61 Å². The van der Waals surface area contributed by atoms with Gasteiger partial charge in [0, 0.05) is 11.1 Å². The Morgan fingerprint density at radius 1 is 0.909 bits per heavy atom. The molecule has 0 atom stereocenters. The van der Waals surface area contributed by atoms with Crippen LogP contribution in [-0.4, -0.2) is 6.29 Å². The van der Waals surface area contributed by atoms with Gasteiger partial charge in [-0.05, 0) is 30.3 Å². The first kappa shape index (κ1) is 16.3. The van der Waals surface area contributed by atoms with E-state index in [4.69, 9.17) is 4.74 Å². The molecule has 0 aliphatic carbocycles. The minimum absolute atomic E-state index is 0.169. The number of aldehydes is 1. The summed E-state index contributed by atoms with van der Waals surface area (Å²) in [7, 11) is -9.77. The predicted octanol–water partition coefficient (Wildman–Crippen LogP) is 5.74. The van der Waals surface area contributed by atoms with E-state index in [2.05, 4.69) is 0 Å². The Labute approximate surface area is 123 Å². The van der Waals surface area contributed by atoms with Gasteiger partial charge in [0.25, 0.3) is 0 Å². The molecular weight excluding hydrogens is 327 g/mol. The van der Waals surface area contributed by atoms with E-state index in [-0.39, 0.29) is 5.75 Å². The van der Waals surface area contributed by atoms with E-state index < -0.39 is 27.3 Å². The van der Waals surface area contributed by atoms with Crippen LogP contribution >= 0.6 is 10.2 Å². The maximum Gasteiger partial charge on any atom is 0.310 e. The zero-order valence-electron chi connectivity index (χ0n) is 11.0. The molecule has 0 aliphatic rings. The quantitative estimate of drug-likeness (QED) is 0.514. The molecule has 0 saturated heterocycles. The molecule has 0 aromatic heterocycles. The smallest absolute Gasteiger partial charge is 0.310 e. The van der Waals surface area contributed by atoms with Crippen molar-refractivity contribution < 1.29 is 29.0 Å². The van der Waals surface area contributed by atoms with Crippen LogP contribution in [0.1, 0.15) is 15.9 Å². The molecule has 0 saturated carbocycles. The van der Waals surface area contributed by atoms with Gasteiger partial charge in [0.1, 0.15) is 23.5 Å². The summed E-state index contributed by atoms with van der Waals surface area (Å²) in [4.78, 5) is 8.53. The number of hydrogen-bond acceptors (Lipinski definition) is 2. The number of hydrogen-bond donors (Lipinski definition) is 0. The maximum atomic E-state index is 12.9. The van der Waals surface area contributed by atoms with E-state index in [1.807, 2.05) is 0 Å². The van der Waals surface area contributed by atoms with E-state index in [0.29, 0.717) is 17.9 Å². The molecule has 22 heavy (non-hydrogen) atoms. The summed E-state index contributed by atoms with van der Waals surface area (Å²) in [6.45, 7) is -0.664. The lowest BCUT2D eigenvalue weighted by Gasteiger charge is -2.41. The zero-order valence-corrected chi connectivity index (χ0v) is 11.8. The van der Waals surface area contributed by atoms with Gasteiger partial charge in [0.15, 0.2) is 0 Å². The van der Waals surface area contributed by atoms with Gasteiger partial charge in [-0.15, -0.1) is 0 Å². The number of ether oxygens (including phenoxy) is 1. The number of halogens is 5. The first-order valence-electron chi connectivity index (χ1n) is 6.00. The standard InChI is InChI=1S/C14H11F5O2S/c15-22(16,17,18,19)14-4-2-1-3-12(14)10-21-13-7-5-11(9-20)6-8-13/h1-9H,10H2. The van der Waals surface area contributed by atoms with Crippen molar-refractivity contribution in [2.75, 3.05) is 0 Å². The lowest BCUT2D eigenvalue weighted by atomic mass is 10.2. The molecule has 0 N–H and O–H groups in total. The first-order chi connectivity index (χ1) is 9.99. The van der Waals surface area contributed by atoms with Gasteiger partial charge in [0.05, 0.1) is 0 Å². The predicted molar refractivity (Wildman–Crippen MR) is 74.0 cm³/mol. The Hall–Kier alpha value is -2.09. The number of rotatable bonds is 5. The molecule has 8 heteroatoms. The Bertz CT molecular complexity index is 695. The molecule has 0 fully saturated rings. The second-order valence-corrected chi connectivity index (χ2v) is 6.93. The number of carbonyl (C=O) groups excluding carboxylic acids is 1. The molecule has 120 valence electrons. The zero-order chi connectivity index (χ0) is 16.5. The third kappa shape index (κ3) is 3.97. The van der Waals surface area contributed by atoms with Crippen LogP contribution in [0, 0.1) is 0 Å². The van der Waals surface area contributed by atoms with Crippen molar-refractivity contribution in [2.45, 2.75) is 11.5 Å². The van der Waals surface area contributed by atoms with Crippen LogP contribution in [0.2, 0.25) is 0 Å². The average molecular weight is 338 g/mol. The molecule has 2 nitrogen and oxygen atoms in total. The SMILES string of the molecule is O=Cc1ccc(OCc2ccccc2S(F)(F)(F)(F)F)cc1. The fraction of sp³-hybridized carbons (Fsp3) is 0.0714. The number of benzene rings is 2. The summed E-state index contributed by atoms with van der Waals surface area (Å²) < 4.78 is 69.8.